The fourth-order valence-electron chi connectivity index (χ4n) is 2.35. The lowest BCUT2D eigenvalue weighted by Gasteiger charge is -2.26. The summed E-state index contributed by atoms with van der Waals surface area (Å²) in [6.07, 6.45) is 0.582. The third kappa shape index (κ3) is 5.82. The Kier molecular flexibility index (Phi) is 7.55. The van der Waals surface area contributed by atoms with Gasteiger partial charge in [-0.3, -0.25) is 4.79 Å². The van der Waals surface area contributed by atoms with Gasteiger partial charge in [0.1, 0.15) is 12.4 Å². The SMILES string of the molecule is CCN(CCOc1ccc(Br)cc1)C(=O)CC1CSCCN1. The maximum Gasteiger partial charge on any atom is 0.224 e. The van der Waals surface area contributed by atoms with Crippen molar-refractivity contribution in [2.75, 3.05) is 37.7 Å². The van der Waals surface area contributed by atoms with Gasteiger partial charge in [-0.15, -0.1) is 0 Å². The fourth-order valence-corrected chi connectivity index (χ4v) is 3.57. The molecule has 1 aliphatic heterocycles. The van der Waals surface area contributed by atoms with Crippen LogP contribution in [0.4, 0.5) is 0 Å². The molecular weight excluding hydrogens is 364 g/mol. The van der Waals surface area contributed by atoms with Gasteiger partial charge in [0.25, 0.3) is 0 Å². The van der Waals surface area contributed by atoms with Crippen LogP contribution in [0.1, 0.15) is 13.3 Å². The lowest BCUT2D eigenvalue weighted by molar-refractivity contribution is -0.131. The molecule has 1 unspecified atom stereocenters. The predicted molar refractivity (Wildman–Crippen MR) is 95.6 cm³/mol. The zero-order valence-electron chi connectivity index (χ0n) is 12.9. The van der Waals surface area contributed by atoms with Crippen molar-refractivity contribution >= 4 is 33.6 Å². The van der Waals surface area contributed by atoms with E-state index in [2.05, 4.69) is 21.2 Å². The highest BCUT2D eigenvalue weighted by atomic mass is 79.9. The van der Waals surface area contributed by atoms with Crippen molar-refractivity contribution in [1.29, 1.82) is 0 Å². The van der Waals surface area contributed by atoms with Crippen LogP contribution in [0.2, 0.25) is 0 Å². The van der Waals surface area contributed by atoms with Crippen LogP contribution in [-0.4, -0.2) is 54.6 Å². The average molecular weight is 387 g/mol. The summed E-state index contributed by atoms with van der Waals surface area (Å²) in [5, 5.41) is 3.41. The number of hydrogen-bond acceptors (Lipinski definition) is 4. The highest BCUT2D eigenvalue weighted by molar-refractivity contribution is 9.10. The van der Waals surface area contributed by atoms with Crippen molar-refractivity contribution in [3.05, 3.63) is 28.7 Å². The van der Waals surface area contributed by atoms with E-state index in [1.807, 2.05) is 47.9 Å². The molecule has 4 nitrogen and oxygen atoms in total. The number of amides is 1. The minimum atomic E-state index is 0.210. The minimum Gasteiger partial charge on any atom is -0.492 e. The van der Waals surface area contributed by atoms with Crippen LogP contribution in [0, 0.1) is 0 Å². The molecule has 0 aliphatic carbocycles. The van der Waals surface area contributed by atoms with Gasteiger partial charge in [0.15, 0.2) is 0 Å². The van der Waals surface area contributed by atoms with E-state index in [1.165, 1.54) is 0 Å². The average Bonchev–Trinajstić information content (AvgIpc) is 2.54. The molecule has 6 heteroatoms. The topological polar surface area (TPSA) is 41.6 Å². The summed E-state index contributed by atoms with van der Waals surface area (Å²) in [6.45, 7) is 4.89. The number of ether oxygens (including phenoxy) is 1. The first-order valence-electron chi connectivity index (χ1n) is 7.66. The Morgan fingerprint density at radius 3 is 2.86 bits per heavy atom. The molecular formula is C16H23BrN2O2S. The number of carbonyl (C=O) groups is 1. The summed E-state index contributed by atoms with van der Waals surface area (Å²) in [5.41, 5.74) is 0. The lowest BCUT2D eigenvalue weighted by Crippen LogP contribution is -2.43. The molecule has 1 N–H and O–H groups in total. The third-order valence-corrected chi connectivity index (χ3v) is 5.26. The Labute approximate surface area is 145 Å². The molecule has 1 saturated heterocycles. The molecule has 1 aromatic rings. The summed E-state index contributed by atoms with van der Waals surface area (Å²) < 4.78 is 6.73. The summed E-state index contributed by atoms with van der Waals surface area (Å²) in [5.74, 6) is 3.21. The molecule has 122 valence electrons. The second-order valence-electron chi connectivity index (χ2n) is 5.21. The van der Waals surface area contributed by atoms with E-state index in [4.69, 9.17) is 4.74 Å². The second-order valence-corrected chi connectivity index (χ2v) is 7.27. The normalized spacial score (nSPS) is 18.0. The number of rotatable bonds is 7. The number of nitrogens with zero attached hydrogens (tertiary/aromatic N) is 1. The van der Waals surface area contributed by atoms with Crippen LogP contribution >= 0.6 is 27.7 Å². The zero-order chi connectivity index (χ0) is 15.8. The van der Waals surface area contributed by atoms with E-state index in [0.717, 1.165) is 34.8 Å². The largest absolute Gasteiger partial charge is 0.492 e. The first-order valence-corrected chi connectivity index (χ1v) is 9.61. The van der Waals surface area contributed by atoms with Crippen LogP contribution in [0.3, 0.4) is 0 Å². The number of carbonyl (C=O) groups excluding carboxylic acids is 1. The van der Waals surface area contributed by atoms with Gasteiger partial charge in [0.05, 0.1) is 6.54 Å². The van der Waals surface area contributed by atoms with Crippen molar-refractivity contribution in [3.8, 4) is 5.75 Å². The number of thioether (sulfide) groups is 1. The molecule has 22 heavy (non-hydrogen) atoms. The molecule has 0 aromatic heterocycles. The van der Waals surface area contributed by atoms with Crippen molar-refractivity contribution in [3.63, 3.8) is 0 Å². The molecule has 0 bridgehead atoms. The highest BCUT2D eigenvalue weighted by Gasteiger charge is 2.20. The molecule has 1 fully saturated rings. The van der Waals surface area contributed by atoms with Gasteiger partial charge in [-0.25, -0.2) is 0 Å². The maximum atomic E-state index is 12.3. The molecule has 1 aromatic carbocycles. The van der Waals surface area contributed by atoms with Crippen molar-refractivity contribution in [2.24, 2.45) is 0 Å². The molecule has 1 atom stereocenters. The van der Waals surface area contributed by atoms with E-state index in [0.29, 0.717) is 25.6 Å². The van der Waals surface area contributed by atoms with E-state index in [9.17, 15) is 4.79 Å². The van der Waals surface area contributed by atoms with E-state index in [1.54, 1.807) is 0 Å². The Hall–Kier alpha value is -0.720. The number of nitrogens with one attached hydrogen (secondary N) is 1. The van der Waals surface area contributed by atoms with Gasteiger partial charge in [-0.1, -0.05) is 15.9 Å². The number of halogens is 1. The van der Waals surface area contributed by atoms with Gasteiger partial charge in [-0.05, 0) is 31.2 Å². The fraction of sp³-hybridized carbons (Fsp3) is 0.562. The number of benzene rings is 1. The summed E-state index contributed by atoms with van der Waals surface area (Å²) in [4.78, 5) is 14.2. The van der Waals surface area contributed by atoms with Gasteiger partial charge >= 0.3 is 0 Å². The third-order valence-electron chi connectivity index (χ3n) is 3.60. The maximum absolute atomic E-state index is 12.3. The standard InChI is InChI=1S/C16H23BrN2O2S/c1-2-19(16(20)11-14-12-22-10-7-18-14)8-9-21-15-5-3-13(17)4-6-15/h3-6,14,18H,2,7-12H2,1H3. The van der Waals surface area contributed by atoms with Gasteiger partial charge in [0, 0.05) is 41.5 Å². The molecule has 2 rings (SSSR count). The lowest BCUT2D eigenvalue weighted by atomic mass is 10.2. The van der Waals surface area contributed by atoms with Crippen LogP contribution < -0.4 is 10.1 Å². The van der Waals surface area contributed by atoms with Gasteiger partial charge in [-0.2, -0.15) is 11.8 Å². The van der Waals surface area contributed by atoms with Crippen LogP contribution in [0.25, 0.3) is 0 Å². The predicted octanol–water partition coefficient (Wildman–Crippen LogP) is 2.77. The molecule has 0 radical (unpaired) electrons. The first kappa shape index (κ1) is 17.6. The smallest absolute Gasteiger partial charge is 0.224 e. The van der Waals surface area contributed by atoms with Crippen LogP contribution in [0.5, 0.6) is 5.75 Å². The van der Waals surface area contributed by atoms with Gasteiger partial charge < -0.3 is 15.0 Å². The monoisotopic (exact) mass is 386 g/mol. The summed E-state index contributed by atoms with van der Waals surface area (Å²) in [6, 6.07) is 8.05. The van der Waals surface area contributed by atoms with E-state index < -0.39 is 0 Å². The quantitative estimate of drug-likeness (QED) is 0.781. The molecule has 1 heterocycles. The summed E-state index contributed by atoms with van der Waals surface area (Å²) in [7, 11) is 0. The van der Waals surface area contributed by atoms with Crippen LogP contribution in [0.15, 0.2) is 28.7 Å². The van der Waals surface area contributed by atoms with Crippen molar-refractivity contribution in [1.82, 2.24) is 10.2 Å². The molecule has 1 aliphatic rings. The Balaban J connectivity index is 1.73. The first-order chi connectivity index (χ1) is 10.7. The van der Waals surface area contributed by atoms with E-state index in [-0.39, 0.29) is 5.91 Å². The van der Waals surface area contributed by atoms with Gasteiger partial charge in [0.2, 0.25) is 5.91 Å². The summed E-state index contributed by atoms with van der Waals surface area (Å²) >= 11 is 5.32. The zero-order valence-corrected chi connectivity index (χ0v) is 15.3. The number of hydrogen-bond donors (Lipinski definition) is 1. The van der Waals surface area contributed by atoms with E-state index >= 15 is 0 Å². The highest BCUT2D eigenvalue weighted by Crippen LogP contribution is 2.16. The van der Waals surface area contributed by atoms with Crippen molar-refractivity contribution < 1.29 is 9.53 Å². The number of likely N-dealkylation sites (N-methyl/N-ethyl adjacent to an activating group) is 1. The molecule has 0 saturated carbocycles. The van der Waals surface area contributed by atoms with Crippen LogP contribution in [-0.2, 0) is 4.79 Å². The van der Waals surface area contributed by atoms with Crippen molar-refractivity contribution in [2.45, 2.75) is 19.4 Å². The molecule has 0 spiro atoms. The second kappa shape index (κ2) is 9.43. The molecule has 1 amide bonds. The Morgan fingerprint density at radius 2 is 2.23 bits per heavy atom. The Morgan fingerprint density at radius 1 is 1.45 bits per heavy atom. The minimum absolute atomic E-state index is 0.210. The Bertz CT molecular complexity index is 464.